The van der Waals surface area contributed by atoms with Gasteiger partial charge in [-0.2, -0.15) is 13.2 Å². The van der Waals surface area contributed by atoms with Gasteiger partial charge in [0, 0.05) is 25.0 Å². The van der Waals surface area contributed by atoms with Crippen molar-refractivity contribution in [1.82, 2.24) is 10.2 Å². The lowest BCUT2D eigenvalue weighted by Gasteiger charge is -2.26. The molecule has 2 N–H and O–H groups in total. The number of nitrogens with zero attached hydrogens (tertiary/aromatic N) is 1. The van der Waals surface area contributed by atoms with Crippen molar-refractivity contribution in [3.63, 3.8) is 0 Å². The largest absolute Gasteiger partial charge is 0.418 e. The fourth-order valence-electron chi connectivity index (χ4n) is 3.42. The third-order valence-corrected chi connectivity index (χ3v) is 4.56. The van der Waals surface area contributed by atoms with Crippen LogP contribution in [0.5, 0.6) is 0 Å². The van der Waals surface area contributed by atoms with Gasteiger partial charge >= 0.3 is 6.18 Å². The lowest BCUT2D eigenvalue weighted by atomic mass is 10.1. The summed E-state index contributed by atoms with van der Waals surface area (Å²) in [5, 5.41) is 5.16. The standard InChI is InChI=1S/C16H18F3N3O2/c17-16(18,19)12-3-1-2-4-13(12)21-15(24)9-22-10-5-6-11(22)8-20-14(23)7-10/h1-4,10-11H,5-9H2,(H,20,23)(H,21,24). The summed E-state index contributed by atoms with van der Waals surface area (Å²) in [5.41, 5.74) is -1.11. The molecule has 5 nitrogen and oxygen atoms in total. The minimum atomic E-state index is -4.53. The average Bonchev–Trinajstić information content (AvgIpc) is 2.78. The van der Waals surface area contributed by atoms with Crippen LogP contribution in [0.15, 0.2) is 24.3 Å². The molecule has 2 heterocycles. The summed E-state index contributed by atoms with van der Waals surface area (Å²) < 4.78 is 38.9. The van der Waals surface area contributed by atoms with Crippen molar-refractivity contribution in [2.45, 2.75) is 37.5 Å². The molecule has 2 unspecified atom stereocenters. The first kappa shape index (κ1) is 16.8. The van der Waals surface area contributed by atoms with Gasteiger partial charge in [0.25, 0.3) is 0 Å². The Hall–Kier alpha value is -2.09. The Bertz CT molecular complexity index is 648. The first-order valence-electron chi connectivity index (χ1n) is 7.83. The van der Waals surface area contributed by atoms with Crippen LogP contribution in [0.2, 0.25) is 0 Å². The number of nitrogens with one attached hydrogen (secondary N) is 2. The number of amides is 2. The summed E-state index contributed by atoms with van der Waals surface area (Å²) in [5.74, 6) is -0.548. The maximum atomic E-state index is 13.0. The number of fused-ring (bicyclic) bond motifs is 2. The van der Waals surface area contributed by atoms with Crippen LogP contribution in [0.25, 0.3) is 0 Å². The van der Waals surface area contributed by atoms with Gasteiger partial charge in [-0.3, -0.25) is 14.5 Å². The number of alkyl halides is 3. The highest BCUT2D eigenvalue weighted by Crippen LogP contribution is 2.34. The molecule has 1 aromatic carbocycles. The van der Waals surface area contributed by atoms with Crippen LogP contribution in [0.1, 0.15) is 24.8 Å². The van der Waals surface area contributed by atoms with Crippen molar-refractivity contribution in [2.24, 2.45) is 0 Å². The SMILES string of the molecule is O=C1CC2CCC(CN1)N2CC(=O)Nc1ccccc1C(F)(F)F. The Labute approximate surface area is 137 Å². The lowest BCUT2D eigenvalue weighted by molar-refractivity contribution is -0.137. The number of rotatable bonds is 3. The zero-order valence-electron chi connectivity index (χ0n) is 12.9. The minimum Gasteiger partial charge on any atom is -0.354 e. The highest BCUT2D eigenvalue weighted by atomic mass is 19.4. The highest BCUT2D eigenvalue weighted by Gasteiger charge is 2.38. The molecule has 24 heavy (non-hydrogen) atoms. The molecule has 8 heteroatoms. The first-order chi connectivity index (χ1) is 11.3. The van der Waals surface area contributed by atoms with Crippen LogP contribution < -0.4 is 10.6 Å². The molecule has 2 amide bonds. The maximum Gasteiger partial charge on any atom is 0.418 e. The Morgan fingerprint density at radius 2 is 1.96 bits per heavy atom. The number of hydrogen-bond donors (Lipinski definition) is 2. The average molecular weight is 341 g/mol. The summed E-state index contributed by atoms with van der Waals surface area (Å²) in [4.78, 5) is 25.8. The monoisotopic (exact) mass is 341 g/mol. The van der Waals surface area contributed by atoms with E-state index in [9.17, 15) is 22.8 Å². The zero-order chi connectivity index (χ0) is 17.3. The van der Waals surface area contributed by atoms with E-state index >= 15 is 0 Å². The molecule has 2 fully saturated rings. The predicted molar refractivity (Wildman–Crippen MR) is 81.2 cm³/mol. The molecule has 1 aromatic rings. The molecular weight excluding hydrogens is 323 g/mol. The Morgan fingerprint density at radius 3 is 2.71 bits per heavy atom. The maximum absolute atomic E-state index is 13.0. The van der Waals surface area contributed by atoms with Crippen molar-refractivity contribution in [2.75, 3.05) is 18.4 Å². The van der Waals surface area contributed by atoms with Gasteiger partial charge in [-0.25, -0.2) is 0 Å². The molecule has 0 saturated carbocycles. The molecule has 2 bridgehead atoms. The van der Waals surface area contributed by atoms with Crippen molar-refractivity contribution in [1.29, 1.82) is 0 Å². The Balaban J connectivity index is 1.70. The number of para-hydroxylation sites is 1. The van der Waals surface area contributed by atoms with Gasteiger partial charge in [0.15, 0.2) is 0 Å². The van der Waals surface area contributed by atoms with Gasteiger partial charge in [0.05, 0.1) is 17.8 Å². The number of hydrogen-bond acceptors (Lipinski definition) is 3. The normalized spacial score (nSPS) is 24.4. The second kappa shape index (κ2) is 6.43. The lowest BCUT2D eigenvalue weighted by Crippen LogP contribution is -2.43. The van der Waals surface area contributed by atoms with Crippen LogP contribution in [-0.4, -0.2) is 41.9 Å². The summed E-state index contributed by atoms with van der Waals surface area (Å²) >= 11 is 0. The van der Waals surface area contributed by atoms with Gasteiger partial charge in [-0.15, -0.1) is 0 Å². The van der Waals surface area contributed by atoms with Crippen LogP contribution in [0.3, 0.4) is 0 Å². The van der Waals surface area contributed by atoms with Gasteiger partial charge in [0.2, 0.25) is 11.8 Å². The number of anilines is 1. The van der Waals surface area contributed by atoms with Crippen LogP contribution in [0.4, 0.5) is 18.9 Å². The number of halogens is 3. The summed E-state index contributed by atoms with van der Waals surface area (Å²) in [6.45, 7) is 0.457. The smallest absolute Gasteiger partial charge is 0.354 e. The van der Waals surface area contributed by atoms with Gasteiger partial charge in [-0.1, -0.05) is 12.1 Å². The molecule has 130 valence electrons. The van der Waals surface area contributed by atoms with Crippen molar-refractivity contribution >= 4 is 17.5 Å². The van der Waals surface area contributed by atoms with Crippen molar-refractivity contribution in [3.8, 4) is 0 Å². The second-order valence-electron chi connectivity index (χ2n) is 6.16. The molecule has 0 aliphatic carbocycles. The van der Waals surface area contributed by atoms with E-state index in [4.69, 9.17) is 0 Å². The molecule has 0 radical (unpaired) electrons. The molecular formula is C16H18F3N3O2. The van der Waals surface area contributed by atoms with Gasteiger partial charge in [0.1, 0.15) is 0 Å². The fourth-order valence-corrected chi connectivity index (χ4v) is 3.42. The van der Waals surface area contributed by atoms with E-state index < -0.39 is 17.6 Å². The molecule has 2 aliphatic heterocycles. The Morgan fingerprint density at radius 1 is 1.25 bits per heavy atom. The van der Waals surface area contributed by atoms with Crippen LogP contribution >= 0.6 is 0 Å². The second-order valence-corrected chi connectivity index (χ2v) is 6.16. The van der Waals surface area contributed by atoms with E-state index in [2.05, 4.69) is 10.6 Å². The zero-order valence-corrected chi connectivity index (χ0v) is 12.9. The molecule has 2 aliphatic rings. The summed E-state index contributed by atoms with van der Waals surface area (Å²) in [6, 6.07) is 4.94. The quantitative estimate of drug-likeness (QED) is 0.884. The van der Waals surface area contributed by atoms with E-state index in [1.807, 2.05) is 4.90 Å². The topological polar surface area (TPSA) is 61.4 Å². The van der Waals surface area contributed by atoms with E-state index in [0.29, 0.717) is 13.0 Å². The van der Waals surface area contributed by atoms with E-state index in [0.717, 1.165) is 18.9 Å². The molecule has 2 atom stereocenters. The molecule has 0 spiro atoms. The van der Waals surface area contributed by atoms with Gasteiger partial charge in [-0.05, 0) is 25.0 Å². The van der Waals surface area contributed by atoms with E-state index in [1.54, 1.807) is 0 Å². The van der Waals surface area contributed by atoms with Crippen LogP contribution in [0, 0.1) is 0 Å². The minimum absolute atomic E-state index is 0.0174. The number of carbonyl (C=O) groups excluding carboxylic acids is 2. The number of benzene rings is 1. The van der Waals surface area contributed by atoms with E-state index in [1.165, 1.54) is 18.2 Å². The summed E-state index contributed by atoms with van der Waals surface area (Å²) in [6.07, 6.45) is -2.51. The molecule has 0 aromatic heterocycles. The highest BCUT2D eigenvalue weighted by molar-refractivity contribution is 5.93. The molecule has 2 saturated heterocycles. The van der Waals surface area contributed by atoms with Crippen molar-refractivity contribution in [3.05, 3.63) is 29.8 Å². The van der Waals surface area contributed by atoms with Gasteiger partial charge < -0.3 is 10.6 Å². The van der Waals surface area contributed by atoms with Crippen LogP contribution in [-0.2, 0) is 15.8 Å². The Kier molecular flexibility index (Phi) is 4.49. The third kappa shape index (κ3) is 3.53. The van der Waals surface area contributed by atoms with E-state index in [-0.39, 0.29) is 30.2 Å². The summed E-state index contributed by atoms with van der Waals surface area (Å²) in [7, 11) is 0. The fraction of sp³-hybridized carbons (Fsp3) is 0.500. The molecule has 3 rings (SSSR count). The first-order valence-corrected chi connectivity index (χ1v) is 7.83. The van der Waals surface area contributed by atoms with Crippen molar-refractivity contribution < 1.29 is 22.8 Å². The number of carbonyl (C=O) groups is 2. The third-order valence-electron chi connectivity index (χ3n) is 4.56. The predicted octanol–water partition coefficient (Wildman–Crippen LogP) is 2.00.